The number of nitrogens with one attached hydrogen (secondary N) is 2. The highest BCUT2D eigenvalue weighted by Crippen LogP contribution is 2.36. The van der Waals surface area contributed by atoms with Crippen molar-refractivity contribution in [3.63, 3.8) is 0 Å². The number of alkyl halides is 3. The fraction of sp³-hybridized carbons (Fsp3) is 0.320. The summed E-state index contributed by atoms with van der Waals surface area (Å²) in [6.07, 6.45) is 3.74. The monoisotopic (exact) mass is 549 g/mol. The average molecular weight is 551 g/mol. The number of anilines is 1. The standard InChI is InChI=1S/C25H26Cl3N5O3/c1-3-4-5-6-15-29-24(35)36-20-13-9-18(10-14-20)22(34)32-19-11-7-17(8-12-19)21-30-16(2)31-23(33-21)25(26,27)28/h7-14H,3-6,15H2,1-2H3,(H,29,35)(H,32,34). The van der Waals surface area contributed by atoms with Crippen molar-refractivity contribution >= 4 is 52.5 Å². The van der Waals surface area contributed by atoms with Crippen molar-refractivity contribution in [2.45, 2.75) is 43.3 Å². The third kappa shape index (κ3) is 8.33. The van der Waals surface area contributed by atoms with Crippen LogP contribution in [0.15, 0.2) is 48.5 Å². The number of nitrogens with zero attached hydrogens (tertiary/aromatic N) is 3. The molecular weight excluding hydrogens is 525 g/mol. The first kappa shape index (κ1) is 27.6. The first-order valence-corrected chi connectivity index (χ1v) is 12.6. The van der Waals surface area contributed by atoms with E-state index < -0.39 is 9.89 Å². The van der Waals surface area contributed by atoms with Crippen LogP contribution in [0.25, 0.3) is 11.4 Å². The first-order chi connectivity index (χ1) is 17.2. The number of aromatic nitrogens is 3. The van der Waals surface area contributed by atoms with Crippen LogP contribution < -0.4 is 15.4 Å². The minimum atomic E-state index is -1.77. The largest absolute Gasteiger partial charge is 0.412 e. The summed E-state index contributed by atoms with van der Waals surface area (Å²) in [5.41, 5.74) is 1.64. The van der Waals surface area contributed by atoms with Gasteiger partial charge in [-0.2, -0.15) is 0 Å². The number of unbranched alkanes of at least 4 members (excludes halogenated alkanes) is 3. The molecule has 0 fully saturated rings. The summed E-state index contributed by atoms with van der Waals surface area (Å²) in [6.45, 7) is 4.38. The van der Waals surface area contributed by atoms with Crippen molar-refractivity contribution in [3.05, 3.63) is 65.7 Å². The van der Waals surface area contributed by atoms with Crippen LogP contribution >= 0.6 is 34.8 Å². The van der Waals surface area contributed by atoms with E-state index >= 15 is 0 Å². The first-order valence-electron chi connectivity index (χ1n) is 11.4. The van der Waals surface area contributed by atoms with Gasteiger partial charge >= 0.3 is 6.09 Å². The predicted octanol–water partition coefficient (Wildman–Crippen LogP) is 6.59. The lowest BCUT2D eigenvalue weighted by Gasteiger charge is -2.11. The summed E-state index contributed by atoms with van der Waals surface area (Å²) in [7, 11) is 0. The van der Waals surface area contributed by atoms with Gasteiger partial charge in [0.2, 0.25) is 3.79 Å². The van der Waals surface area contributed by atoms with Crippen LogP contribution in [0.5, 0.6) is 5.75 Å². The molecule has 3 aromatic rings. The smallest absolute Gasteiger partial charge is 0.410 e. The van der Waals surface area contributed by atoms with E-state index in [4.69, 9.17) is 39.5 Å². The number of halogens is 3. The van der Waals surface area contributed by atoms with Gasteiger partial charge in [0.1, 0.15) is 11.6 Å². The Morgan fingerprint density at radius 2 is 1.61 bits per heavy atom. The predicted molar refractivity (Wildman–Crippen MR) is 142 cm³/mol. The maximum atomic E-state index is 12.6. The Labute approximate surface area is 224 Å². The lowest BCUT2D eigenvalue weighted by molar-refractivity contribution is 0.102. The quantitative estimate of drug-likeness (QED) is 0.230. The van der Waals surface area contributed by atoms with Crippen molar-refractivity contribution < 1.29 is 14.3 Å². The number of amides is 2. The molecule has 0 spiro atoms. The van der Waals surface area contributed by atoms with Crippen LogP contribution in [0.4, 0.5) is 10.5 Å². The Balaban J connectivity index is 1.57. The molecule has 0 aliphatic rings. The van der Waals surface area contributed by atoms with Crippen LogP contribution in [0.3, 0.4) is 0 Å². The molecule has 11 heteroatoms. The second-order valence-electron chi connectivity index (χ2n) is 7.96. The molecule has 0 aliphatic carbocycles. The van der Waals surface area contributed by atoms with Crippen LogP contribution in [0, 0.1) is 6.92 Å². The zero-order valence-electron chi connectivity index (χ0n) is 19.9. The van der Waals surface area contributed by atoms with Crippen molar-refractivity contribution in [2.75, 3.05) is 11.9 Å². The minimum Gasteiger partial charge on any atom is -0.410 e. The molecule has 0 saturated heterocycles. The van der Waals surface area contributed by atoms with Crippen molar-refractivity contribution in [3.8, 4) is 17.1 Å². The third-order valence-electron chi connectivity index (χ3n) is 5.03. The number of ether oxygens (including phenoxy) is 1. The molecule has 0 unspecified atom stereocenters. The Morgan fingerprint density at radius 1 is 0.917 bits per heavy atom. The van der Waals surface area contributed by atoms with Gasteiger partial charge in [0.15, 0.2) is 11.6 Å². The lowest BCUT2D eigenvalue weighted by Crippen LogP contribution is -2.27. The van der Waals surface area contributed by atoms with Crippen LogP contribution in [-0.2, 0) is 3.79 Å². The summed E-state index contributed by atoms with van der Waals surface area (Å²) in [4.78, 5) is 37.1. The van der Waals surface area contributed by atoms with E-state index in [0.717, 1.165) is 25.7 Å². The topological polar surface area (TPSA) is 106 Å². The lowest BCUT2D eigenvalue weighted by atomic mass is 10.1. The van der Waals surface area contributed by atoms with E-state index in [1.165, 1.54) is 0 Å². The molecule has 1 heterocycles. The second kappa shape index (κ2) is 12.9. The maximum absolute atomic E-state index is 12.6. The summed E-state index contributed by atoms with van der Waals surface area (Å²) in [5.74, 6) is 0.829. The molecule has 0 aliphatic heterocycles. The number of carbonyl (C=O) groups excluding carboxylic acids is 2. The number of rotatable bonds is 9. The van der Waals surface area contributed by atoms with Gasteiger partial charge in [-0.05, 0) is 61.9 Å². The van der Waals surface area contributed by atoms with Crippen LogP contribution in [0.2, 0.25) is 0 Å². The molecule has 0 saturated carbocycles. The van der Waals surface area contributed by atoms with Crippen molar-refractivity contribution in [2.24, 2.45) is 0 Å². The average Bonchev–Trinajstić information content (AvgIpc) is 2.84. The number of hydrogen-bond donors (Lipinski definition) is 2. The van der Waals surface area contributed by atoms with E-state index in [2.05, 4.69) is 32.5 Å². The van der Waals surface area contributed by atoms with Gasteiger partial charge in [-0.25, -0.2) is 19.7 Å². The Kier molecular flexibility index (Phi) is 9.87. The molecule has 3 rings (SSSR count). The molecule has 2 aromatic carbocycles. The SMILES string of the molecule is CCCCCCNC(=O)Oc1ccc(C(=O)Nc2ccc(-c3nc(C)nc(C(Cl)(Cl)Cl)n3)cc2)cc1. The highest BCUT2D eigenvalue weighted by atomic mass is 35.6. The molecule has 0 atom stereocenters. The van der Waals surface area contributed by atoms with Crippen molar-refractivity contribution in [1.29, 1.82) is 0 Å². The minimum absolute atomic E-state index is 0.0317. The number of aryl methyl sites for hydroxylation is 1. The fourth-order valence-electron chi connectivity index (χ4n) is 3.20. The fourth-order valence-corrected chi connectivity index (χ4v) is 3.46. The molecular formula is C25H26Cl3N5O3. The molecule has 36 heavy (non-hydrogen) atoms. The molecule has 2 N–H and O–H groups in total. The van der Waals surface area contributed by atoms with Gasteiger partial charge in [-0.1, -0.05) is 61.0 Å². The van der Waals surface area contributed by atoms with Gasteiger partial charge in [0.25, 0.3) is 5.91 Å². The summed E-state index contributed by atoms with van der Waals surface area (Å²) in [5, 5.41) is 5.53. The number of carbonyl (C=O) groups is 2. The van der Waals surface area contributed by atoms with E-state index in [9.17, 15) is 9.59 Å². The molecule has 2 amide bonds. The highest BCUT2D eigenvalue weighted by molar-refractivity contribution is 6.66. The number of hydrogen-bond acceptors (Lipinski definition) is 6. The van der Waals surface area contributed by atoms with Crippen LogP contribution in [0.1, 0.15) is 54.6 Å². The van der Waals surface area contributed by atoms with Gasteiger partial charge < -0.3 is 15.4 Å². The normalized spacial score (nSPS) is 11.1. The van der Waals surface area contributed by atoms with E-state index in [0.29, 0.717) is 40.8 Å². The number of benzene rings is 2. The van der Waals surface area contributed by atoms with Crippen LogP contribution in [-0.4, -0.2) is 33.5 Å². The highest BCUT2D eigenvalue weighted by Gasteiger charge is 2.28. The third-order valence-corrected chi connectivity index (χ3v) is 5.54. The van der Waals surface area contributed by atoms with Gasteiger partial charge in [0.05, 0.1) is 0 Å². The van der Waals surface area contributed by atoms with Gasteiger partial charge in [-0.3, -0.25) is 4.79 Å². The molecule has 0 radical (unpaired) electrons. The Bertz CT molecular complexity index is 1180. The Hall–Kier alpha value is -2.94. The molecule has 1 aromatic heterocycles. The van der Waals surface area contributed by atoms with E-state index in [1.807, 2.05) is 0 Å². The maximum Gasteiger partial charge on any atom is 0.412 e. The summed E-state index contributed by atoms with van der Waals surface area (Å²) in [6, 6.07) is 13.2. The zero-order valence-corrected chi connectivity index (χ0v) is 22.1. The van der Waals surface area contributed by atoms with Gasteiger partial charge in [0, 0.05) is 23.4 Å². The Morgan fingerprint density at radius 3 is 2.25 bits per heavy atom. The zero-order chi connectivity index (χ0) is 26.1. The summed E-state index contributed by atoms with van der Waals surface area (Å²) >= 11 is 17.7. The van der Waals surface area contributed by atoms with E-state index in [1.54, 1.807) is 55.5 Å². The summed E-state index contributed by atoms with van der Waals surface area (Å²) < 4.78 is 3.48. The second-order valence-corrected chi connectivity index (χ2v) is 10.2. The molecule has 8 nitrogen and oxygen atoms in total. The van der Waals surface area contributed by atoms with Crippen molar-refractivity contribution in [1.82, 2.24) is 20.3 Å². The molecule has 0 bridgehead atoms. The molecule has 190 valence electrons. The van der Waals surface area contributed by atoms with Gasteiger partial charge in [-0.15, -0.1) is 0 Å². The van der Waals surface area contributed by atoms with E-state index in [-0.39, 0.29) is 11.7 Å².